The summed E-state index contributed by atoms with van der Waals surface area (Å²) in [6, 6.07) is 1.03. The number of hydrogen-bond donors (Lipinski definition) is 1. The number of H-pyrrole nitrogens is 1. The lowest BCUT2D eigenvalue weighted by Gasteiger charge is -2.34. The molecule has 1 fully saturated rings. The summed E-state index contributed by atoms with van der Waals surface area (Å²) in [5.41, 5.74) is -3.39. The highest BCUT2D eigenvalue weighted by Crippen LogP contribution is 2.50. The van der Waals surface area contributed by atoms with E-state index in [-0.39, 0.29) is 6.42 Å². The highest BCUT2D eigenvalue weighted by molar-refractivity contribution is 5.68. The SMILES string of the molecule is CC[C@@]1(F)O[C@@H](n2ccc(=O)[nH]c2=O)[C@](C)(OC(C)=O)[C@@H]1OC(C)=O. The lowest BCUT2D eigenvalue weighted by Crippen LogP contribution is -2.53. The zero-order chi connectivity index (χ0) is 19.0. The van der Waals surface area contributed by atoms with E-state index in [0.29, 0.717) is 0 Å². The second-order valence-corrected chi connectivity index (χ2v) is 5.89. The molecular weight excluding hydrogens is 339 g/mol. The van der Waals surface area contributed by atoms with Gasteiger partial charge in [-0.25, -0.2) is 9.18 Å². The maximum absolute atomic E-state index is 15.3. The largest absolute Gasteiger partial charge is 0.452 e. The van der Waals surface area contributed by atoms with Gasteiger partial charge >= 0.3 is 17.6 Å². The molecule has 25 heavy (non-hydrogen) atoms. The number of alkyl halides is 1. The second kappa shape index (κ2) is 6.43. The molecule has 0 unspecified atom stereocenters. The Kier molecular flexibility index (Phi) is 4.85. The monoisotopic (exact) mass is 358 g/mol. The summed E-state index contributed by atoms with van der Waals surface area (Å²) in [4.78, 5) is 48.3. The minimum Gasteiger partial charge on any atom is -0.452 e. The van der Waals surface area contributed by atoms with Crippen molar-refractivity contribution < 1.29 is 28.2 Å². The normalized spacial score (nSPS) is 31.6. The van der Waals surface area contributed by atoms with Crippen LogP contribution in [0.1, 0.15) is 40.3 Å². The third kappa shape index (κ3) is 3.34. The smallest absolute Gasteiger partial charge is 0.330 e. The summed E-state index contributed by atoms with van der Waals surface area (Å²) >= 11 is 0. The van der Waals surface area contributed by atoms with Crippen molar-refractivity contribution in [2.75, 3.05) is 0 Å². The number of nitrogens with zero attached hydrogens (tertiary/aromatic N) is 1. The van der Waals surface area contributed by atoms with E-state index in [1.807, 2.05) is 4.98 Å². The standard InChI is InChI=1S/C15H19FN2O7/c1-5-15(16)11(23-8(2)19)14(4,24-9(3)20)12(25-15)18-7-6-10(21)17-13(18)22/h6-7,11-12H,5H2,1-4H3,(H,17,21,22)/t11-,12+,14+,15+/m0/s1. The first-order valence-corrected chi connectivity index (χ1v) is 7.58. The molecule has 1 aliphatic heterocycles. The lowest BCUT2D eigenvalue weighted by molar-refractivity contribution is -0.203. The van der Waals surface area contributed by atoms with Crippen molar-refractivity contribution in [3.05, 3.63) is 33.1 Å². The zero-order valence-corrected chi connectivity index (χ0v) is 14.2. The number of nitrogens with one attached hydrogen (secondary N) is 1. The van der Waals surface area contributed by atoms with Crippen LogP contribution in [0.15, 0.2) is 21.9 Å². The Morgan fingerprint density at radius 1 is 1.36 bits per heavy atom. The number of aromatic amines is 1. The molecule has 1 aromatic rings. The minimum absolute atomic E-state index is 0.240. The Hall–Kier alpha value is -2.49. The van der Waals surface area contributed by atoms with Gasteiger partial charge in [0.1, 0.15) is 0 Å². The lowest BCUT2D eigenvalue weighted by atomic mass is 9.93. The molecule has 0 radical (unpaired) electrons. The molecule has 0 amide bonds. The van der Waals surface area contributed by atoms with Crippen molar-refractivity contribution in [3.8, 4) is 0 Å². The van der Waals surface area contributed by atoms with Crippen LogP contribution in [0, 0.1) is 0 Å². The van der Waals surface area contributed by atoms with E-state index in [9.17, 15) is 19.2 Å². The van der Waals surface area contributed by atoms with Crippen molar-refractivity contribution in [2.45, 2.75) is 57.9 Å². The molecule has 0 aromatic carbocycles. The van der Waals surface area contributed by atoms with E-state index in [4.69, 9.17) is 14.2 Å². The average Bonchev–Trinajstić information content (AvgIpc) is 2.69. The number of aromatic nitrogens is 2. The summed E-state index contributed by atoms with van der Waals surface area (Å²) < 4.78 is 31.8. The quantitative estimate of drug-likeness (QED) is 0.774. The van der Waals surface area contributed by atoms with Gasteiger partial charge in [-0.3, -0.25) is 23.9 Å². The maximum Gasteiger partial charge on any atom is 0.330 e. The topological polar surface area (TPSA) is 117 Å². The molecule has 4 atom stereocenters. The summed E-state index contributed by atoms with van der Waals surface area (Å²) in [6.07, 6.45) is -2.23. The van der Waals surface area contributed by atoms with Crippen LogP contribution in [0.2, 0.25) is 0 Å². The van der Waals surface area contributed by atoms with Crippen molar-refractivity contribution in [1.82, 2.24) is 9.55 Å². The number of halogens is 1. The summed E-state index contributed by atoms with van der Waals surface area (Å²) in [5, 5.41) is 0. The molecule has 1 aromatic heterocycles. The van der Waals surface area contributed by atoms with Gasteiger partial charge < -0.3 is 14.2 Å². The summed E-state index contributed by atoms with van der Waals surface area (Å²) in [5.74, 6) is -4.10. The summed E-state index contributed by atoms with van der Waals surface area (Å²) in [6.45, 7) is 4.90. The molecule has 0 spiro atoms. The van der Waals surface area contributed by atoms with E-state index in [0.717, 1.165) is 30.7 Å². The van der Waals surface area contributed by atoms with Crippen molar-refractivity contribution in [2.24, 2.45) is 0 Å². The Morgan fingerprint density at radius 3 is 2.48 bits per heavy atom. The molecule has 1 N–H and O–H groups in total. The fourth-order valence-corrected chi connectivity index (χ4v) is 2.92. The fraction of sp³-hybridized carbons (Fsp3) is 0.600. The maximum atomic E-state index is 15.3. The molecule has 138 valence electrons. The first-order chi connectivity index (χ1) is 11.5. The number of ether oxygens (including phenoxy) is 3. The number of esters is 2. The van der Waals surface area contributed by atoms with Crippen LogP contribution in [0.5, 0.6) is 0 Å². The number of carbonyl (C=O) groups is 2. The van der Waals surface area contributed by atoms with Gasteiger partial charge in [-0.05, 0) is 6.92 Å². The van der Waals surface area contributed by atoms with Gasteiger partial charge in [0.15, 0.2) is 11.8 Å². The van der Waals surface area contributed by atoms with Crippen LogP contribution in [0.4, 0.5) is 4.39 Å². The van der Waals surface area contributed by atoms with Crippen LogP contribution < -0.4 is 11.2 Å². The van der Waals surface area contributed by atoms with E-state index in [2.05, 4.69) is 0 Å². The van der Waals surface area contributed by atoms with Gasteiger partial charge in [0.25, 0.3) is 11.4 Å². The molecule has 0 aliphatic carbocycles. The van der Waals surface area contributed by atoms with E-state index < -0.39 is 47.0 Å². The van der Waals surface area contributed by atoms with Crippen LogP contribution in [0.25, 0.3) is 0 Å². The molecular formula is C15H19FN2O7. The van der Waals surface area contributed by atoms with Gasteiger partial charge in [0.2, 0.25) is 6.10 Å². The van der Waals surface area contributed by atoms with Gasteiger partial charge in [0.05, 0.1) is 0 Å². The van der Waals surface area contributed by atoms with E-state index in [1.165, 1.54) is 13.8 Å². The first-order valence-electron chi connectivity index (χ1n) is 7.58. The third-order valence-corrected chi connectivity index (χ3v) is 3.94. The van der Waals surface area contributed by atoms with Crippen molar-refractivity contribution >= 4 is 11.9 Å². The Morgan fingerprint density at radius 2 is 2.00 bits per heavy atom. The fourth-order valence-electron chi connectivity index (χ4n) is 2.92. The average molecular weight is 358 g/mol. The zero-order valence-electron chi connectivity index (χ0n) is 14.2. The van der Waals surface area contributed by atoms with Crippen LogP contribution in [-0.2, 0) is 23.8 Å². The third-order valence-electron chi connectivity index (χ3n) is 3.94. The predicted octanol–water partition coefficient (Wildman–Crippen LogP) is 0.395. The molecule has 1 aliphatic rings. The van der Waals surface area contributed by atoms with Crippen LogP contribution in [-0.4, -0.2) is 39.0 Å². The highest BCUT2D eigenvalue weighted by atomic mass is 19.2. The van der Waals surface area contributed by atoms with Gasteiger partial charge in [-0.1, -0.05) is 6.92 Å². The van der Waals surface area contributed by atoms with Crippen LogP contribution >= 0.6 is 0 Å². The molecule has 0 saturated carbocycles. The predicted molar refractivity (Wildman–Crippen MR) is 81.3 cm³/mol. The van der Waals surface area contributed by atoms with Gasteiger partial charge in [-0.2, -0.15) is 0 Å². The molecule has 10 heteroatoms. The van der Waals surface area contributed by atoms with E-state index in [1.54, 1.807) is 0 Å². The molecule has 0 bridgehead atoms. The van der Waals surface area contributed by atoms with Crippen LogP contribution in [0.3, 0.4) is 0 Å². The summed E-state index contributed by atoms with van der Waals surface area (Å²) in [7, 11) is 0. The molecule has 2 rings (SSSR count). The number of rotatable bonds is 4. The van der Waals surface area contributed by atoms with Crippen molar-refractivity contribution in [3.63, 3.8) is 0 Å². The minimum atomic E-state index is -2.50. The first kappa shape index (κ1) is 18.8. The Bertz CT molecular complexity index is 804. The second-order valence-electron chi connectivity index (χ2n) is 5.89. The van der Waals surface area contributed by atoms with Gasteiger partial charge in [0, 0.05) is 32.5 Å². The number of hydrogen-bond acceptors (Lipinski definition) is 7. The highest BCUT2D eigenvalue weighted by Gasteiger charge is 2.67. The Labute approximate surface area is 141 Å². The number of carbonyl (C=O) groups excluding carboxylic acids is 2. The molecule has 9 nitrogen and oxygen atoms in total. The van der Waals surface area contributed by atoms with Crippen molar-refractivity contribution in [1.29, 1.82) is 0 Å². The van der Waals surface area contributed by atoms with E-state index >= 15 is 4.39 Å². The molecule has 2 heterocycles. The Balaban J connectivity index is 2.64. The van der Waals surface area contributed by atoms with Gasteiger partial charge in [-0.15, -0.1) is 0 Å². The molecule has 1 saturated heterocycles.